The van der Waals surface area contributed by atoms with Crippen LogP contribution in [0, 0.1) is 28.6 Å². The summed E-state index contributed by atoms with van der Waals surface area (Å²) in [5, 5.41) is 0. The van der Waals surface area contributed by atoms with Crippen LogP contribution in [0.25, 0.3) is 0 Å². The maximum atomic E-state index is 13.7. The normalized spacial score (nSPS) is 47.6. The van der Waals surface area contributed by atoms with Crippen molar-refractivity contribution in [2.75, 3.05) is 7.11 Å². The predicted molar refractivity (Wildman–Crippen MR) is 109 cm³/mol. The first-order valence-corrected chi connectivity index (χ1v) is 11.5. The number of esters is 2. The van der Waals surface area contributed by atoms with Gasteiger partial charge in [0.2, 0.25) is 0 Å². The number of ketones is 1. The molecule has 0 amide bonds. The van der Waals surface area contributed by atoms with Crippen molar-refractivity contribution in [2.24, 2.45) is 28.6 Å². The van der Waals surface area contributed by atoms with Crippen molar-refractivity contribution in [3.8, 4) is 0 Å². The molecule has 0 aromatic heterocycles. The molecule has 0 aliphatic heterocycles. The fourth-order valence-electron chi connectivity index (χ4n) is 8.09. The molecule has 4 aliphatic carbocycles. The van der Waals surface area contributed by atoms with E-state index in [1.54, 1.807) is 7.11 Å². The second-order valence-electron chi connectivity index (χ2n) is 10.6. The van der Waals surface area contributed by atoms with E-state index >= 15 is 0 Å². The third kappa shape index (κ3) is 2.96. The molecule has 4 aliphatic rings. The number of hydrogen-bond acceptors (Lipinski definition) is 6. The third-order valence-corrected chi connectivity index (χ3v) is 9.45. The van der Waals surface area contributed by atoms with Gasteiger partial charge < -0.3 is 14.2 Å². The lowest BCUT2D eigenvalue weighted by atomic mass is 9.43. The van der Waals surface area contributed by atoms with Crippen LogP contribution in [0.5, 0.6) is 0 Å². The zero-order valence-corrected chi connectivity index (χ0v) is 19.0. The molecule has 0 N–H and O–H groups in total. The number of ether oxygens (including phenoxy) is 3. The second kappa shape index (κ2) is 7.32. The molecule has 4 fully saturated rings. The molecule has 168 valence electrons. The molecule has 1 unspecified atom stereocenters. The van der Waals surface area contributed by atoms with Crippen molar-refractivity contribution >= 4 is 17.7 Å². The molecule has 6 nitrogen and oxygen atoms in total. The highest BCUT2D eigenvalue weighted by Crippen LogP contribution is 2.67. The minimum absolute atomic E-state index is 0.0438. The summed E-state index contributed by atoms with van der Waals surface area (Å²) in [4.78, 5) is 36.9. The van der Waals surface area contributed by atoms with Crippen LogP contribution in [0.4, 0.5) is 0 Å². The topological polar surface area (TPSA) is 78.9 Å². The Morgan fingerprint density at radius 1 is 0.933 bits per heavy atom. The van der Waals surface area contributed by atoms with E-state index in [1.807, 2.05) is 0 Å². The number of rotatable bonds is 3. The summed E-state index contributed by atoms with van der Waals surface area (Å²) < 4.78 is 17.3. The molecule has 0 aromatic rings. The Morgan fingerprint density at radius 3 is 2.27 bits per heavy atom. The van der Waals surface area contributed by atoms with Crippen LogP contribution >= 0.6 is 0 Å². The number of hydrogen-bond donors (Lipinski definition) is 0. The van der Waals surface area contributed by atoms with Crippen LogP contribution in [-0.2, 0) is 28.6 Å². The molecule has 0 spiro atoms. The van der Waals surface area contributed by atoms with Crippen LogP contribution in [0.3, 0.4) is 0 Å². The summed E-state index contributed by atoms with van der Waals surface area (Å²) in [6.45, 7) is 7.41. The number of fused-ring (bicyclic) bond motifs is 5. The molecule has 0 saturated heterocycles. The molecule has 0 heterocycles. The first-order valence-electron chi connectivity index (χ1n) is 11.5. The molecule has 0 aromatic carbocycles. The first kappa shape index (κ1) is 21.8. The summed E-state index contributed by atoms with van der Waals surface area (Å²) in [6, 6.07) is 0. The highest BCUT2D eigenvalue weighted by atomic mass is 16.6. The molecule has 0 radical (unpaired) electrons. The molecule has 0 bridgehead atoms. The van der Waals surface area contributed by atoms with Gasteiger partial charge in [-0.3, -0.25) is 14.4 Å². The summed E-state index contributed by atoms with van der Waals surface area (Å²) in [6.07, 6.45) is 6.18. The van der Waals surface area contributed by atoms with Crippen molar-refractivity contribution in [1.29, 1.82) is 0 Å². The average molecular weight is 421 g/mol. The van der Waals surface area contributed by atoms with E-state index in [0.717, 1.165) is 38.5 Å². The Balaban J connectivity index is 1.64. The predicted octanol–water partition coefficient (Wildman–Crippen LogP) is 3.84. The molecule has 4 rings (SSSR count). The minimum atomic E-state index is -0.881. The van der Waals surface area contributed by atoms with Crippen molar-refractivity contribution in [1.82, 2.24) is 0 Å². The van der Waals surface area contributed by atoms with Crippen molar-refractivity contribution in [2.45, 2.75) is 96.9 Å². The van der Waals surface area contributed by atoms with Gasteiger partial charge in [0.15, 0.2) is 5.78 Å². The first-order chi connectivity index (χ1) is 14.1. The molecular weight excluding hydrogens is 384 g/mol. The SMILES string of the molecule is CO[C@]12C[C@H](OC(C)=O)CC[C@]1(C)[C@H]1CC[C@]3(C)C(OC(C)=O)CC[C@H]3[C@@H]1CC2=O. The van der Waals surface area contributed by atoms with Gasteiger partial charge in [-0.25, -0.2) is 0 Å². The molecule has 30 heavy (non-hydrogen) atoms. The fraction of sp³-hybridized carbons (Fsp3) is 0.875. The van der Waals surface area contributed by atoms with Gasteiger partial charge in [-0.05, 0) is 56.3 Å². The highest BCUT2D eigenvalue weighted by Gasteiger charge is 2.69. The monoisotopic (exact) mass is 420 g/mol. The summed E-state index contributed by atoms with van der Waals surface area (Å²) in [5.41, 5.74) is -1.20. The fourth-order valence-corrected chi connectivity index (χ4v) is 8.09. The molecule has 8 atom stereocenters. The molecular formula is C24H36O6. The van der Waals surface area contributed by atoms with Gasteiger partial charge in [-0.1, -0.05) is 13.8 Å². The van der Waals surface area contributed by atoms with E-state index < -0.39 is 5.60 Å². The zero-order valence-electron chi connectivity index (χ0n) is 19.0. The Bertz CT molecular complexity index is 748. The van der Waals surface area contributed by atoms with E-state index in [4.69, 9.17) is 14.2 Å². The number of Topliss-reactive ketones (excluding diaryl/α,β-unsaturated/α-hetero) is 1. The molecule has 4 saturated carbocycles. The van der Waals surface area contributed by atoms with Crippen LogP contribution in [-0.4, -0.2) is 42.6 Å². The van der Waals surface area contributed by atoms with Gasteiger partial charge in [0.1, 0.15) is 17.8 Å². The number of methoxy groups -OCH3 is 1. The van der Waals surface area contributed by atoms with E-state index in [0.29, 0.717) is 30.6 Å². The lowest BCUT2D eigenvalue weighted by molar-refractivity contribution is -0.226. The smallest absolute Gasteiger partial charge is 0.302 e. The van der Waals surface area contributed by atoms with Gasteiger partial charge in [0.05, 0.1) is 0 Å². The van der Waals surface area contributed by atoms with Crippen molar-refractivity contribution in [3.05, 3.63) is 0 Å². The summed E-state index contributed by atoms with van der Waals surface area (Å²) >= 11 is 0. The van der Waals surface area contributed by atoms with Gasteiger partial charge in [0, 0.05) is 44.6 Å². The Kier molecular flexibility index (Phi) is 5.32. The standard InChI is InChI=1S/C24H36O6/c1-14(25)29-16-8-11-23(4)19-9-10-22(3)18(6-7-21(22)30-15(2)26)17(19)12-20(27)24(23,13-16)28-5/h16-19,21H,6-13H2,1-5H3/t16-,17+,18+,19+,21?,22+,23-,24+/m1/s1. The quantitative estimate of drug-likeness (QED) is 0.646. The van der Waals surface area contributed by atoms with Gasteiger partial charge in [-0.2, -0.15) is 0 Å². The van der Waals surface area contributed by atoms with Crippen molar-refractivity contribution < 1.29 is 28.6 Å². The summed E-state index contributed by atoms with van der Waals surface area (Å²) in [5.74, 6) is 0.732. The van der Waals surface area contributed by atoms with Crippen LogP contribution in [0.2, 0.25) is 0 Å². The maximum absolute atomic E-state index is 13.7. The molecule has 6 heteroatoms. The van der Waals surface area contributed by atoms with Gasteiger partial charge in [-0.15, -0.1) is 0 Å². The van der Waals surface area contributed by atoms with E-state index in [-0.39, 0.29) is 40.8 Å². The Morgan fingerprint density at radius 2 is 1.63 bits per heavy atom. The lowest BCUT2D eigenvalue weighted by Crippen LogP contribution is -2.68. The van der Waals surface area contributed by atoms with E-state index in [2.05, 4.69) is 13.8 Å². The zero-order chi connectivity index (χ0) is 21.9. The van der Waals surface area contributed by atoms with Crippen LogP contribution in [0.1, 0.15) is 79.1 Å². The van der Waals surface area contributed by atoms with Gasteiger partial charge in [0.25, 0.3) is 0 Å². The Hall–Kier alpha value is -1.43. The van der Waals surface area contributed by atoms with Crippen LogP contribution < -0.4 is 0 Å². The number of carbonyl (C=O) groups excluding carboxylic acids is 3. The average Bonchev–Trinajstić information content (AvgIpc) is 2.98. The number of carbonyl (C=O) groups is 3. The summed E-state index contributed by atoms with van der Waals surface area (Å²) in [7, 11) is 1.64. The van der Waals surface area contributed by atoms with Crippen LogP contribution in [0.15, 0.2) is 0 Å². The third-order valence-electron chi connectivity index (χ3n) is 9.45. The maximum Gasteiger partial charge on any atom is 0.302 e. The Labute approximate surface area is 179 Å². The highest BCUT2D eigenvalue weighted by molar-refractivity contribution is 5.90. The van der Waals surface area contributed by atoms with E-state index in [1.165, 1.54) is 13.8 Å². The lowest BCUT2D eigenvalue weighted by Gasteiger charge is -2.63. The van der Waals surface area contributed by atoms with Gasteiger partial charge >= 0.3 is 11.9 Å². The van der Waals surface area contributed by atoms with Crippen molar-refractivity contribution in [3.63, 3.8) is 0 Å². The minimum Gasteiger partial charge on any atom is -0.462 e. The van der Waals surface area contributed by atoms with E-state index in [9.17, 15) is 14.4 Å². The largest absolute Gasteiger partial charge is 0.462 e. The second-order valence-corrected chi connectivity index (χ2v) is 10.6.